The molecule has 17 heavy (non-hydrogen) atoms. The monoisotopic (exact) mass is 238 g/mol. The maximum absolute atomic E-state index is 11.2. The normalized spacial score (nSPS) is 13.9. The molecular formula is C14H22O3. The molecule has 0 aromatic carbocycles. The summed E-state index contributed by atoms with van der Waals surface area (Å²) in [4.78, 5) is 11.2. The fourth-order valence-electron chi connectivity index (χ4n) is 1.15. The number of aliphatic hydroxyl groups is 1. The third-order valence-corrected chi connectivity index (χ3v) is 2.05. The van der Waals surface area contributed by atoms with Gasteiger partial charge >= 0.3 is 5.97 Å². The topological polar surface area (TPSA) is 46.5 Å². The largest absolute Gasteiger partial charge is 0.449 e. The number of hydrogen-bond donors (Lipinski definition) is 1. The molecule has 3 heteroatoms. The van der Waals surface area contributed by atoms with Crippen molar-refractivity contribution in [3.05, 3.63) is 12.2 Å². The lowest BCUT2D eigenvalue weighted by molar-refractivity contribution is -0.139. The Hall–Kier alpha value is -1.27. The predicted octanol–water partition coefficient (Wildman–Crippen LogP) is 2.44. The first-order valence-corrected chi connectivity index (χ1v) is 6.12. The number of carbonyl (C=O) groups excluding carboxylic acids is 1. The zero-order valence-corrected chi connectivity index (χ0v) is 10.9. The number of aliphatic hydroxyl groups excluding tert-OH is 1. The summed E-state index contributed by atoms with van der Waals surface area (Å²) in [5.74, 6) is 4.73. The van der Waals surface area contributed by atoms with Gasteiger partial charge in [-0.2, -0.15) is 0 Å². The summed E-state index contributed by atoms with van der Waals surface area (Å²) in [5.41, 5.74) is 0. The van der Waals surface area contributed by atoms with Crippen LogP contribution in [0.4, 0.5) is 0 Å². The Bertz CT molecular complexity index is 294. The van der Waals surface area contributed by atoms with Crippen LogP contribution in [-0.4, -0.2) is 23.3 Å². The number of carbonyl (C=O) groups is 1. The highest BCUT2D eigenvalue weighted by molar-refractivity contribution is 5.88. The maximum Gasteiger partial charge on any atom is 0.384 e. The molecule has 3 nitrogen and oxygen atoms in total. The number of unbranched alkanes of at least 4 members (excludes halogenated alkanes) is 3. The second kappa shape index (κ2) is 9.92. The van der Waals surface area contributed by atoms with Gasteiger partial charge in [-0.3, -0.25) is 0 Å². The second-order valence-electron chi connectivity index (χ2n) is 3.99. The van der Waals surface area contributed by atoms with E-state index >= 15 is 0 Å². The first-order chi connectivity index (χ1) is 8.06. The molecule has 0 bridgehead atoms. The molecule has 0 aliphatic heterocycles. The molecule has 0 fully saturated rings. The minimum Gasteiger partial charge on any atom is -0.449 e. The number of hydrogen-bond acceptors (Lipinski definition) is 3. The number of ether oxygens (including phenoxy) is 1. The van der Waals surface area contributed by atoms with Crippen molar-refractivity contribution in [1.82, 2.24) is 0 Å². The van der Waals surface area contributed by atoms with E-state index in [0.29, 0.717) is 0 Å². The van der Waals surface area contributed by atoms with E-state index in [0.717, 1.165) is 25.7 Å². The molecule has 0 aliphatic rings. The van der Waals surface area contributed by atoms with E-state index in [1.165, 1.54) is 0 Å². The quantitative estimate of drug-likeness (QED) is 0.254. The Kier molecular flexibility index (Phi) is 9.18. The number of esters is 1. The highest BCUT2D eigenvalue weighted by Gasteiger charge is 2.02. The van der Waals surface area contributed by atoms with Gasteiger partial charge in [-0.15, -0.1) is 0 Å². The standard InChI is InChI=1S/C14H22O3/c1-4-5-6-7-8-9-14(16)17-13(3)11-10-12(2)15/h10-13,15H,4-7H2,1-3H3/t12-,13-/m1/s1. The summed E-state index contributed by atoms with van der Waals surface area (Å²) < 4.78 is 5.00. The van der Waals surface area contributed by atoms with Crippen LogP contribution < -0.4 is 0 Å². The zero-order chi connectivity index (χ0) is 13.1. The van der Waals surface area contributed by atoms with Gasteiger partial charge < -0.3 is 9.84 Å². The third-order valence-electron chi connectivity index (χ3n) is 2.05. The minimum atomic E-state index is -0.531. The second-order valence-corrected chi connectivity index (χ2v) is 3.99. The lowest BCUT2D eigenvalue weighted by atomic mass is 10.2. The molecule has 0 saturated carbocycles. The van der Waals surface area contributed by atoms with E-state index in [4.69, 9.17) is 9.84 Å². The van der Waals surface area contributed by atoms with E-state index < -0.39 is 12.1 Å². The highest BCUT2D eigenvalue weighted by Crippen LogP contribution is 1.98. The van der Waals surface area contributed by atoms with Crippen LogP contribution in [0.1, 0.15) is 46.5 Å². The van der Waals surface area contributed by atoms with Crippen molar-refractivity contribution in [3.63, 3.8) is 0 Å². The number of rotatable bonds is 6. The van der Waals surface area contributed by atoms with Crippen LogP contribution in [0, 0.1) is 11.8 Å². The van der Waals surface area contributed by atoms with Crippen molar-refractivity contribution < 1.29 is 14.6 Å². The van der Waals surface area contributed by atoms with Gasteiger partial charge in [-0.05, 0) is 26.3 Å². The van der Waals surface area contributed by atoms with Crippen molar-refractivity contribution >= 4 is 5.97 Å². The van der Waals surface area contributed by atoms with Gasteiger partial charge in [0.05, 0.1) is 6.10 Å². The summed E-state index contributed by atoms with van der Waals surface area (Å²) in [6.45, 7) is 5.49. The molecule has 0 amide bonds. The van der Waals surface area contributed by atoms with Crippen LogP contribution in [0.25, 0.3) is 0 Å². The summed E-state index contributed by atoms with van der Waals surface area (Å²) in [7, 11) is 0. The van der Waals surface area contributed by atoms with Crippen molar-refractivity contribution in [2.75, 3.05) is 0 Å². The lowest BCUT2D eigenvalue weighted by Crippen LogP contribution is -2.11. The highest BCUT2D eigenvalue weighted by atomic mass is 16.5. The molecule has 0 aromatic rings. The van der Waals surface area contributed by atoms with Crippen molar-refractivity contribution in [3.8, 4) is 11.8 Å². The van der Waals surface area contributed by atoms with E-state index in [1.54, 1.807) is 26.0 Å². The van der Waals surface area contributed by atoms with Gasteiger partial charge in [-0.25, -0.2) is 4.79 Å². The molecule has 2 atom stereocenters. The molecule has 0 saturated heterocycles. The molecule has 0 radical (unpaired) electrons. The molecule has 0 aromatic heterocycles. The third kappa shape index (κ3) is 11.0. The van der Waals surface area contributed by atoms with Gasteiger partial charge in [0.15, 0.2) is 0 Å². The summed E-state index contributed by atoms with van der Waals surface area (Å²) in [6, 6.07) is 0. The van der Waals surface area contributed by atoms with Gasteiger partial charge in [0, 0.05) is 12.3 Å². The van der Waals surface area contributed by atoms with Crippen LogP contribution >= 0.6 is 0 Å². The lowest BCUT2D eigenvalue weighted by Gasteiger charge is -2.05. The van der Waals surface area contributed by atoms with Gasteiger partial charge in [0.1, 0.15) is 6.10 Å². The smallest absolute Gasteiger partial charge is 0.384 e. The summed E-state index contributed by atoms with van der Waals surface area (Å²) >= 11 is 0. The minimum absolute atomic E-state index is 0.359. The molecule has 0 unspecified atom stereocenters. The van der Waals surface area contributed by atoms with E-state index in [9.17, 15) is 4.79 Å². The molecule has 1 N–H and O–H groups in total. The van der Waals surface area contributed by atoms with Crippen molar-refractivity contribution in [1.29, 1.82) is 0 Å². The van der Waals surface area contributed by atoms with Crippen LogP contribution in [0.2, 0.25) is 0 Å². The molecule has 0 aliphatic carbocycles. The first-order valence-electron chi connectivity index (χ1n) is 6.12. The van der Waals surface area contributed by atoms with E-state index in [2.05, 4.69) is 18.8 Å². The SMILES string of the molecule is CCCCCC#CC(=O)O[C@H](C)C=C[C@@H](C)O. The Morgan fingerprint density at radius 3 is 2.65 bits per heavy atom. The van der Waals surface area contributed by atoms with Gasteiger partial charge in [0.25, 0.3) is 0 Å². The van der Waals surface area contributed by atoms with Crippen LogP contribution in [0.15, 0.2) is 12.2 Å². The Morgan fingerprint density at radius 1 is 1.35 bits per heavy atom. The predicted molar refractivity (Wildman–Crippen MR) is 68.3 cm³/mol. The molecular weight excluding hydrogens is 216 g/mol. The fraction of sp³-hybridized carbons (Fsp3) is 0.643. The molecule has 0 spiro atoms. The zero-order valence-electron chi connectivity index (χ0n) is 10.9. The molecule has 0 heterocycles. The van der Waals surface area contributed by atoms with Crippen LogP contribution in [0.5, 0.6) is 0 Å². The Labute approximate surface area is 104 Å². The van der Waals surface area contributed by atoms with E-state index in [1.807, 2.05) is 0 Å². The van der Waals surface area contributed by atoms with E-state index in [-0.39, 0.29) is 6.10 Å². The van der Waals surface area contributed by atoms with Gasteiger partial charge in [0.2, 0.25) is 0 Å². The first kappa shape index (κ1) is 15.7. The molecule has 0 rings (SSSR count). The van der Waals surface area contributed by atoms with Crippen LogP contribution in [-0.2, 0) is 9.53 Å². The van der Waals surface area contributed by atoms with Crippen molar-refractivity contribution in [2.24, 2.45) is 0 Å². The average Bonchev–Trinajstić information content (AvgIpc) is 2.26. The van der Waals surface area contributed by atoms with Gasteiger partial charge in [-0.1, -0.05) is 31.8 Å². The summed E-state index contributed by atoms with van der Waals surface area (Å²) in [6.07, 6.45) is 6.37. The van der Waals surface area contributed by atoms with Crippen LogP contribution in [0.3, 0.4) is 0 Å². The Morgan fingerprint density at radius 2 is 2.06 bits per heavy atom. The molecule has 96 valence electrons. The van der Waals surface area contributed by atoms with Crippen molar-refractivity contribution in [2.45, 2.75) is 58.7 Å². The Balaban J connectivity index is 3.84. The summed E-state index contributed by atoms with van der Waals surface area (Å²) in [5, 5.41) is 9.00. The average molecular weight is 238 g/mol. The fourth-order valence-corrected chi connectivity index (χ4v) is 1.15. The maximum atomic E-state index is 11.2.